The third kappa shape index (κ3) is 2.13. The number of hydrogen-bond acceptors (Lipinski definition) is 3. The Morgan fingerprint density at radius 2 is 2.11 bits per heavy atom. The molecule has 94 valence electrons. The first-order chi connectivity index (χ1) is 8.66. The minimum atomic E-state index is -0.157. The second-order valence-corrected chi connectivity index (χ2v) is 7.94. The highest BCUT2D eigenvalue weighted by molar-refractivity contribution is 9.12. The van der Waals surface area contributed by atoms with Gasteiger partial charge >= 0.3 is 0 Å². The van der Waals surface area contributed by atoms with E-state index < -0.39 is 0 Å². The quantitative estimate of drug-likeness (QED) is 0.834. The molecule has 18 heavy (non-hydrogen) atoms. The van der Waals surface area contributed by atoms with Crippen molar-refractivity contribution in [2.75, 3.05) is 6.61 Å². The molecule has 0 bridgehead atoms. The summed E-state index contributed by atoms with van der Waals surface area (Å²) >= 11 is 8.69. The van der Waals surface area contributed by atoms with Gasteiger partial charge in [0, 0.05) is 12.0 Å². The molecule has 2 nitrogen and oxygen atoms in total. The minimum absolute atomic E-state index is 0.157. The average Bonchev–Trinajstić information content (AvgIpc) is 2.94. The van der Waals surface area contributed by atoms with E-state index in [1.807, 2.05) is 6.07 Å². The van der Waals surface area contributed by atoms with Gasteiger partial charge in [-0.3, -0.25) is 0 Å². The van der Waals surface area contributed by atoms with Crippen LogP contribution >= 0.6 is 43.2 Å². The van der Waals surface area contributed by atoms with E-state index in [1.165, 1.54) is 5.56 Å². The number of fused-ring (bicyclic) bond motifs is 1. The second-order valence-electron chi connectivity index (χ2n) is 4.19. The summed E-state index contributed by atoms with van der Waals surface area (Å²) in [6, 6.07) is 8.12. The van der Waals surface area contributed by atoms with Gasteiger partial charge in [-0.2, -0.15) is 0 Å². The molecule has 1 aliphatic rings. The normalized spacial score (nSPS) is 15.3. The van der Waals surface area contributed by atoms with Crippen LogP contribution in [-0.2, 0) is 6.42 Å². The van der Waals surface area contributed by atoms with E-state index in [0.717, 1.165) is 37.5 Å². The lowest BCUT2D eigenvalue weighted by Gasteiger charge is -2.15. The zero-order valence-corrected chi connectivity index (χ0v) is 13.4. The molecule has 1 aromatic carbocycles. The first kappa shape index (κ1) is 12.7. The van der Waals surface area contributed by atoms with Gasteiger partial charge in [0.25, 0.3) is 0 Å². The number of benzene rings is 1. The lowest BCUT2D eigenvalue weighted by atomic mass is 9.98. The number of halogens is 2. The standard InChI is InChI=1S/C13H11Br2NOS/c14-10-6-9(13(15)18-10)11(16)8-3-1-2-7-4-5-17-12(7)8/h1-3,6,11H,4-5,16H2. The fourth-order valence-corrected chi connectivity index (χ4v) is 5.15. The largest absolute Gasteiger partial charge is 0.493 e. The highest BCUT2D eigenvalue weighted by Gasteiger charge is 2.23. The molecule has 0 saturated heterocycles. The predicted molar refractivity (Wildman–Crippen MR) is 81.4 cm³/mol. The molecular formula is C13H11Br2NOS. The minimum Gasteiger partial charge on any atom is -0.493 e. The number of para-hydroxylation sites is 1. The summed E-state index contributed by atoms with van der Waals surface area (Å²) < 4.78 is 7.86. The van der Waals surface area contributed by atoms with Crippen molar-refractivity contribution in [3.8, 4) is 5.75 Å². The van der Waals surface area contributed by atoms with Crippen LogP contribution in [0.2, 0.25) is 0 Å². The summed E-state index contributed by atoms with van der Waals surface area (Å²) in [5.74, 6) is 0.972. The van der Waals surface area contributed by atoms with Crippen molar-refractivity contribution in [1.82, 2.24) is 0 Å². The van der Waals surface area contributed by atoms with Crippen molar-refractivity contribution >= 4 is 43.2 Å². The second kappa shape index (κ2) is 4.96. The van der Waals surface area contributed by atoms with Crippen LogP contribution in [0.5, 0.6) is 5.75 Å². The highest BCUT2D eigenvalue weighted by Crippen LogP contribution is 2.40. The zero-order chi connectivity index (χ0) is 12.7. The van der Waals surface area contributed by atoms with Crippen LogP contribution in [0.3, 0.4) is 0 Å². The maximum Gasteiger partial charge on any atom is 0.127 e. The lowest BCUT2D eigenvalue weighted by molar-refractivity contribution is 0.352. The monoisotopic (exact) mass is 387 g/mol. The Morgan fingerprint density at radius 1 is 1.28 bits per heavy atom. The van der Waals surface area contributed by atoms with Gasteiger partial charge in [-0.15, -0.1) is 11.3 Å². The van der Waals surface area contributed by atoms with Crippen molar-refractivity contribution in [2.45, 2.75) is 12.5 Å². The van der Waals surface area contributed by atoms with E-state index in [9.17, 15) is 0 Å². The molecule has 0 spiro atoms. The average molecular weight is 389 g/mol. The Labute approximate surface area is 126 Å². The predicted octanol–water partition coefficient (Wildman–Crippen LogP) is 4.26. The Bertz CT molecular complexity index is 597. The van der Waals surface area contributed by atoms with Gasteiger partial charge in [-0.05, 0) is 49.1 Å². The molecule has 2 heterocycles. The molecule has 1 atom stereocenters. The van der Waals surface area contributed by atoms with Crippen LogP contribution in [0.4, 0.5) is 0 Å². The van der Waals surface area contributed by atoms with E-state index in [2.05, 4.69) is 50.1 Å². The van der Waals surface area contributed by atoms with Gasteiger partial charge in [0.05, 0.1) is 20.2 Å². The molecule has 0 aliphatic carbocycles. The van der Waals surface area contributed by atoms with Gasteiger partial charge in [-0.25, -0.2) is 0 Å². The van der Waals surface area contributed by atoms with E-state index in [4.69, 9.17) is 10.5 Å². The molecule has 0 saturated carbocycles. The van der Waals surface area contributed by atoms with Crippen LogP contribution < -0.4 is 10.5 Å². The first-order valence-electron chi connectivity index (χ1n) is 5.61. The fraction of sp³-hybridized carbons (Fsp3) is 0.231. The number of ether oxygens (including phenoxy) is 1. The molecule has 2 N–H and O–H groups in total. The van der Waals surface area contributed by atoms with Crippen molar-refractivity contribution in [2.24, 2.45) is 5.73 Å². The Balaban J connectivity index is 2.05. The summed E-state index contributed by atoms with van der Waals surface area (Å²) in [4.78, 5) is 0. The van der Waals surface area contributed by atoms with E-state index in [0.29, 0.717) is 0 Å². The fourth-order valence-electron chi connectivity index (χ4n) is 2.22. The van der Waals surface area contributed by atoms with Crippen LogP contribution in [0.25, 0.3) is 0 Å². The third-order valence-corrected chi connectivity index (χ3v) is 5.48. The molecule has 0 amide bonds. The summed E-state index contributed by atoms with van der Waals surface area (Å²) in [5, 5.41) is 0. The van der Waals surface area contributed by atoms with E-state index in [-0.39, 0.29) is 6.04 Å². The van der Waals surface area contributed by atoms with Gasteiger partial charge in [-0.1, -0.05) is 18.2 Å². The molecule has 0 fully saturated rings. The topological polar surface area (TPSA) is 35.2 Å². The molecular weight excluding hydrogens is 378 g/mol. The summed E-state index contributed by atoms with van der Waals surface area (Å²) in [7, 11) is 0. The Kier molecular flexibility index (Phi) is 3.49. The van der Waals surface area contributed by atoms with Gasteiger partial charge in [0.15, 0.2) is 0 Å². The maximum atomic E-state index is 6.38. The molecule has 1 aliphatic heterocycles. The molecule has 1 unspecified atom stereocenters. The van der Waals surface area contributed by atoms with Crippen LogP contribution in [0.1, 0.15) is 22.7 Å². The van der Waals surface area contributed by atoms with E-state index >= 15 is 0 Å². The summed E-state index contributed by atoms with van der Waals surface area (Å²) in [6.45, 7) is 0.758. The van der Waals surface area contributed by atoms with Crippen molar-refractivity contribution < 1.29 is 4.74 Å². The number of thiophene rings is 1. The zero-order valence-electron chi connectivity index (χ0n) is 9.45. The van der Waals surface area contributed by atoms with Crippen LogP contribution in [0.15, 0.2) is 31.8 Å². The summed E-state index contributed by atoms with van der Waals surface area (Å²) in [6.07, 6.45) is 0.977. The smallest absolute Gasteiger partial charge is 0.127 e. The van der Waals surface area contributed by atoms with Gasteiger partial charge in [0.2, 0.25) is 0 Å². The van der Waals surface area contributed by atoms with Crippen LogP contribution in [0, 0.1) is 0 Å². The van der Waals surface area contributed by atoms with Crippen molar-refractivity contribution in [1.29, 1.82) is 0 Å². The third-order valence-electron chi connectivity index (χ3n) is 3.10. The van der Waals surface area contributed by atoms with Gasteiger partial charge in [0.1, 0.15) is 5.75 Å². The molecule has 2 aromatic rings. The van der Waals surface area contributed by atoms with Gasteiger partial charge < -0.3 is 10.5 Å². The highest BCUT2D eigenvalue weighted by atomic mass is 79.9. The number of nitrogens with two attached hydrogens (primary N) is 1. The Morgan fingerprint density at radius 3 is 2.83 bits per heavy atom. The molecule has 3 rings (SSSR count). The number of rotatable bonds is 2. The SMILES string of the molecule is NC(c1cc(Br)sc1Br)c1cccc2c1OCC2. The molecule has 5 heteroatoms. The van der Waals surface area contributed by atoms with Crippen LogP contribution in [-0.4, -0.2) is 6.61 Å². The molecule has 0 radical (unpaired) electrons. The number of hydrogen-bond donors (Lipinski definition) is 1. The van der Waals surface area contributed by atoms with Crippen molar-refractivity contribution in [3.63, 3.8) is 0 Å². The first-order valence-corrected chi connectivity index (χ1v) is 8.02. The Hall–Kier alpha value is -0.360. The lowest BCUT2D eigenvalue weighted by Crippen LogP contribution is -2.12. The molecule has 1 aromatic heterocycles. The maximum absolute atomic E-state index is 6.38. The summed E-state index contributed by atoms with van der Waals surface area (Å²) in [5.41, 5.74) is 9.80. The van der Waals surface area contributed by atoms with Crippen molar-refractivity contribution in [3.05, 3.63) is 48.5 Å². The van der Waals surface area contributed by atoms with E-state index in [1.54, 1.807) is 11.3 Å².